The number of rotatable bonds is 8. The Bertz CT molecular complexity index is 348. The molecule has 2 N–H and O–H groups in total. The normalized spacial score (nSPS) is 14.6. The molecule has 1 unspecified atom stereocenters. The molecule has 0 radical (unpaired) electrons. The number of alkyl carbamates (subject to hydrolysis) is 1. The fourth-order valence-electron chi connectivity index (χ4n) is 1.77. The second kappa shape index (κ2) is 8.22. The van der Waals surface area contributed by atoms with Gasteiger partial charge in [-0.15, -0.1) is 0 Å². The molecule has 0 aliphatic rings. The van der Waals surface area contributed by atoms with Gasteiger partial charge in [0.25, 0.3) is 0 Å². The Labute approximate surface area is 127 Å². The molecular weight excluding hydrogens is 274 g/mol. The first-order valence-corrected chi connectivity index (χ1v) is 7.34. The average Bonchev–Trinajstić information content (AvgIpc) is 2.30. The van der Waals surface area contributed by atoms with Crippen molar-refractivity contribution in [2.75, 3.05) is 13.2 Å². The number of carboxylic acids is 1. The molecule has 0 bridgehead atoms. The van der Waals surface area contributed by atoms with Crippen molar-refractivity contribution in [1.82, 2.24) is 5.32 Å². The van der Waals surface area contributed by atoms with Crippen LogP contribution in [0, 0.1) is 5.41 Å². The Kier molecular flexibility index (Phi) is 7.71. The molecule has 0 aliphatic carbocycles. The Morgan fingerprint density at radius 2 is 1.81 bits per heavy atom. The minimum atomic E-state index is -1.04. The van der Waals surface area contributed by atoms with Crippen molar-refractivity contribution in [3.8, 4) is 0 Å². The summed E-state index contributed by atoms with van der Waals surface area (Å²) in [5, 5.41) is 12.0. The van der Waals surface area contributed by atoms with Gasteiger partial charge in [0, 0.05) is 13.2 Å². The van der Waals surface area contributed by atoms with Crippen LogP contribution in [0.3, 0.4) is 0 Å². The van der Waals surface area contributed by atoms with Crippen molar-refractivity contribution in [2.45, 2.75) is 66.1 Å². The second-order valence-corrected chi connectivity index (χ2v) is 6.46. The zero-order chi connectivity index (χ0) is 16.7. The van der Waals surface area contributed by atoms with Crippen molar-refractivity contribution in [3.63, 3.8) is 0 Å². The van der Waals surface area contributed by atoms with Crippen LogP contribution in [0.1, 0.15) is 54.4 Å². The lowest BCUT2D eigenvalue weighted by Crippen LogP contribution is -2.45. The Balaban J connectivity index is 4.62. The second-order valence-electron chi connectivity index (χ2n) is 6.46. The third kappa shape index (κ3) is 7.90. The van der Waals surface area contributed by atoms with Crippen LogP contribution in [-0.4, -0.2) is 42.0 Å². The maximum atomic E-state index is 11.7. The van der Waals surface area contributed by atoms with E-state index in [0.29, 0.717) is 19.4 Å². The number of carbonyl (C=O) groups is 2. The lowest BCUT2D eigenvalue weighted by molar-refractivity contribution is -0.150. The van der Waals surface area contributed by atoms with Gasteiger partial charge in [0.1, 0.15) is 5.60 Å². The standard InChI is InChI=1S/C15H29NO5/c1-7-15(12(17)18,8-9-20-11(2)3)10-16-13(19)21-14(4,5)6/h11H,7-10H2,1-6H3,(H,16,19)(H,17,18). The van der Waals surface area contributed by atoms with Gasteiger partial charge in [-0.25, -0.2) is 4.79 Å². The van der Waals surface area contributed by atoms with Crippen molar-refractivity contribution in [3.05, 3.63) is 0 Å². The predicted octanol–water partition coefficient (Wildman–Crippen LogP) is 2.81. The summed E-state index contributed by atoms with van der Waals surface area (Å²) in [6, 6.07) is 0. The van der Waals surface area contributed by atoms with Gasteiger partial charge in [0.05, 0.1) is 11.5 Å². The van der Waals surface area contributed by atoms with Crippen LogP contribution in [0.2, 0.25) is 0 Å². The van der Waals surface area contributed by atoms with Crippen molar-refractivity contribution in [1.29, 1.82) is 0 Å². The SMILES string of the molecule is CCC(CCOC(C)C)(CNC(=O)OC(C)(C)C)C(=O)O. The highest BCUT2D eigenvalue weighted by molar-refractivity contribution is 5.76. The monoisotopic (exact) mass is 303 g/mol. The first-order chi connectivity index (χ1) is 9.52. The van der Waals surface area contributed by atoms with Crippen LogP contribution < -0.4 is 5.32 Å². The average molecular weight is 303 g/mol. The molecule has 0 rings (SSSR count). The third-order valence-electron chi connectivity index (χ3n) is 3.13. The van der Waals surface area contributed by atoms with Crippen LogP contribution in [-0.2, 0) is 14.3 Å². The highest BCUT2D eigenvalue weighted by Crippen LogP contribution is 2.26. The summed E-state index contributed by atoms with van der Waals surface area (Å²) in [5.41, 5.74) is -1.64. The predicted molar refractivity (Wildman–Crippen MR) is 80.3 cm³/mol. The highest BCUT2D eigenvalue weighted by atomic mass is 16.6. The number of carboxylic acid groups (broad SMARTS) is 1. The van der Waals surface area contributed by atoms with Gasteiger partial charge >= 0.3 is 12.1 Å². The summed E-state index contributed by atoms with van der Waals surface area (Å²) in [6.07, 6.45) is 0.186. The number of hydrogen-bond acceptors (Lipinski definition) is 4. The van der Waals surface area contributed by atoms with E-state index in [4.69, 9.17) is 9.47 Å². The molecule has 0 saturated heterocycles. The molecule has 1 atom stereocenters. The van der Waals surface area contributed by atoms with Gasteiger partial charge < -0.3 is 19.9 Å². The fourth-order valence-corrected chi connectivity index (χ4v) is 1.77. The van der Waals surface area contributed by atoms with Crippen LogP contribution in [0.4, 0.5) is 4.79 Å². The molecule has 0 aromatic carbocycles. The summed E-state index contributed by atoms with van der Waals surface area (Å²) in [7, 11) is 0. The molecule has 124 valence electrons. The first kappa shape index (κ1) is 19.7. The van der Waals surface area contributed by atoms with E-state index in [1.54, 1.807) is 27.7 Å². The molecule has 0 spiro atoms. The Hall–Kier alpha value is -1.30. The lowest BCUT2D eigenvalue weighted by atomic mass is 9.82. The zero-order valence-corrected chi connectivity index (χ0v) is 14.0. The number of aliphatic carboxylic acids is 1. The Morgan fingerprint density at radius 3 is 2.19 bits per heavy atom. The van der Waals surface area contributed by atoms with Gasteiger partial charge in [0.2, 0.25) is 0 Å². The maximum absolute atomic E-state index is 11.7. The van der Waals surface area contributed by atoms with E-state index in [9.17, 15) is 14.7 Å². The number of nitrogens with one attached hydrogen (secondary N) is 1. The van der Waals surface area contributed by atoms with E-state index >= 15 is 0 Å². The van der Waals surface area contributed by atoms with Crippen LogP contribution >= 0.6 is 0 Å². The van der Waals surface area contributed by atoms with E-state index in [1.807, 2.05) is 13.8 Å². The molecule has 0 aliphatic heterocycles. The number of carbonyl (C=O) groups excluding carboxylic acids is 1. The molecule has 0 aromatic heterocycles. The quantitative estimate of drug-likeness (QED) is 0.720. The number of amides is 1. The minimum absolute atomic E-state index is 0.0230. The third-order valence-corrected chi connectivity index (χ3v) is 3.13. The molecule has 1 amide bonds. The summed E-state index contributed by atoms with van der Waals surface area (Å²) in [4.78, 5) is 23.2. The molecule has 0 fully saturated rings. The van der Waals surface area contributed by atoms with Crippen molar-refractivity contribution < 1.29 is 24.2 Å². The van der Waals surface area contributed by atoms with Gasteiger partial charge in [-0.2, -0.15) is 0 Å². The van der Waals surface area contributed by atoms with Crippen LogP contribution in [0.15, 0.2) is 0 Å². The minimum Gasteiger partial charge on any atom is -0.481 e. The van der Waals surface area contributed by atoms with Gasteiger partial charge in [-0.3, -0.25) is 4.79 Å². The van der Waals surface area contributed by atoms with Crippen LogP contribution in [0.25, 0.3) is 0 Å². The largest absolute Gasteiger partial charge is 0.481 e. The topological polar surface area (TPSA) is 84.9 Å². The number of hydrogen-bond donors (Lipinski definition) is 2. The molecular formula is C15H29NO5. The van der Waals surface area contributed by atoms with E-state index < -0.39 is 23.1 Å². The van der Waals surface area contributed by atoms with Crippen molar-refractivity contribution in [2.24, 2.45) is 5.41 Å². The van der Waals surface area contributed by atoms with E-state index in [1.165, 1.54) is 0 Å². The van der Waals surface area contributed by atoms with Gasteiger partial charge in [-0.05, 0) is 47.5 Å². The maximum Gasteiger partial charge on any atom is 0.407 e. The van der Waals surface area contributed by atoms with E-state index in [0.717, 1.165) is 0 Å². The fraction of sp³-hybridized carbons (Fsp3) is 0.867. The van der Waals surface area contributed by atoms with Gasteiger partial charge in [0.15, 0.2) is 0 Å². The highest BCUT2D eigenvalue weighted by Gasteiger charge is 2.37. The van der Waals surface area contributed by atoms with Crippen LogP contribution in [0.5, 0.6) is 0 Å². The smallest absolute Gasteiger partial charge is 0.407 e. The summed E-state index contributed by atoms with van der Waals surface area (Å²) in [6.45, 7) is 11.2. The summed E-state index contributed by atoms with van der Waals surface area (Å²) < 4.78 is 10.6. The summed E-state index contributed by atoms with van der Waals surface area (Å²) in [5.74, 6) is -0.937. The summed E-state index contributed by atoms with van der Waals surface area (Å²) >= 11 is 0. The van der Waals surface area contributed by atoms with Crippen molar-refractivity contribution >= 4 is 12.1 Å². The molecule has 0 saturated carbocycles. The zero-order valence-electron chi connectivity index (χ0n) is 14.0. The molecule has 6 nitrogen and oxygen atoms in total. The first-order valence-electron chi connectivity index (χ1n) is 7.34. The molecule has 0 heterocycles. The van der Waals surface area contributed by atoms with Gasteiger partial charge in [-0.1, -0.05) is 6.92 Å². The molecule has 21 heavy (non-hydrogen) atoms. The molecule has 6 heteroatoms. The number of ether oxygens (including phenoxy) is 2. The van der Waals surface area contributed by atoms with E-state index in [-0.39, 0.29) is 12.6 Å². The van der Waals surface area contributed by atoms with E-state index in [2.05, 4.69) is 5.32 Å². The lowest BCUT2D eigenvalue weighted by Gasteiger charge is -2.29. The molecule has 0 aromatic rings. The Morgan fingerprint density at radius 1 is 1.24 bits per heavy atom.